The third kappa shape index (κ3) is 1.99. The number of rotatable bonds is 1. The minimum Gasteiger partial charge on any atom is -0.294 e. The van der Waals surface area contributed by atoms with Crippen molar-refractivity contribution in [3.63, 3.8) is 0 Å². The van der Waals surface area contributed by atoms with Crippen molar-refractivity contribution in [2.75, 3.05) is 0 Å². The maximum absolute atomic E-state index is 12.3. The molecule has 19 heavy (non-hydrogen) atoms. The molecule has 1 aliphatic rings. The fourth-order valence-electron chi connectivity index (χ4n) is 2.92. The Kier molecular flexibility index (Phi) is 2.59. The molecule has 3 heteroatoms. The maximum atomic E-state index is 12.3. The molecule has 1 aliphatic carbocycles. The van der Waals surface area contributed by atoms with Gasteiger partial charge in [0.1, 0.15) is 0 Å². The predicted octanol–water partition coefficient (Wildman–Crippen LogP) is 3.34. The quantitative estimate of drug-likeness (QED) is 0.782. The van der Waals surface area contributed by atoms with Gasteiger partial charge >= 0.3 is 0 Å². The first kappa shape index (κ1) is 12.2. The van der Waals surface area contributed by atoms with E-state index in [4.69, 9.17) is 0 Å². The van der Waals surface area contributed by atoms with E-state index in [-0.39, 0.29) is 11.2 Å². The van der Waals surface area contributed by atoms with E-state index in [0.717, 1.165) is 29.1 Å². The molecule has 0 aliphatic heterocycles. The summed E-state index contributed by atoms with van der Waals surface area (Å²) in [6, 6.07) is 10.0. The number of nitrogens with zero attached hydrogens (tertiary/aromatic N) is 2. The number of ketones is 1. The Morgan fingerprint density at radius 1 is 1.16 bits per heavy atom. The number of Topliss-reactive ketones (excluding diaryl/α,β-unsaturated/α-hetero) is 1. The summed E-state index contributed by atoms with van der Waals surface area (Å²) in [6.45, 7) is 6.21. The Bertz CT molecular complexity index is 638. The van der Waals surface area contributed by atoms with Crippen LogP contribution in [0.25, 0.3) is 5.69 Å². The van der Waals surface area contributed by atoms with Crippen molar-refractivity contribution >= 4 is 5.78 Å². The van der Waals surface area contributed by atoms with Crippen molar-refractivity contribution in [1.82, 2.24) is 9.78 Å². The van der Waals surface area contributed by atoms with E-state index in [1.54, 1.807) is 0 Å². The number of hydrogen-bond donors (Lipinski definition) is 0. The van der Waals surface area contributed by atoms with Crippen LogP contribution in [0.2, 0.25) is 0 Å². The summed E-state index contributed by atoms with van der Waals surface area (Å²) in [7, 11) is 0. The Hall–Kier alpha value is -1.90. The Balaban J connectivity index is 2.20. The summed E-state index contributed by atoms with van der Waals surface area (Å²) in [6.07, 6.45) is 1.51. The van der Waals surface area contributed by atoms with Gasteiger partial charge in [-0.2, -0.15) is 5.10 Å². The number of aromatic nitrogens is 2. The lowest BCUT2D eigenvalue weighted by Gasteiger charge is -2.29. The van der Waals surface area contributed by atoms with Crippen LogP contribution < -0.4 is 0 Å². The normalized spacial score (nSPS) is 17.3. The summed E-state index contributed by atoms with van der Waals surface area (Å²) in [4.78, 5) is 12.3. The molecule has 98 valence electrons. The van der Waals surface area contributed by atoms with E-state index in [9.17, 15) is 4.79 Å². The average molecular weight is 254 g/mol. The van der Waals surface area contributed by atoms with E-state index in [1.165, 1.54) is 0 Å². The predicted molar refractivity (Wildman–Crippen MR) is 74.7 cm³/mol. The van der Waals surface area contributed by atoms with Gasteiger partial charge in [-0.1, -0.05) is 32.0 Å². The molecule has 3 nitrogen and oxygen atoms in total. The molecule has 2 aromatic rings. The number of carbonyl (C=O) groups excluding carboxylic acids is 1. The molecule has 1 aromatic heterocycles. The van der Waals surface area contributed by atoms with Gasteiger partial charge in [-0.05, 0) is 30.9 Å². The summed E-state index contributed by atoms with van der Waals surface area (Å²) in [5.41, 5.74) is 3.79. The van der Waals surface area contributed by atoms with Crippen LogP contribution in [-0.2, 0) is 6.42 Å². The van der Waals surface area contributed by atoms with Gasteiger partial charge in [0.15, 0.2) is 5.78 Å². The molecule has 0 atom stereocenters. The molecule has 0 amide bonds. The minimum atomic E-state index is 0.0170. The molecule has 0 N–H and O–H groups in total. The van der Waals surface area contributed by atoms with Crippen molar-refractivity contribution < 1.29 is 4.79 Å². The fourth-order valence-corrected chi connectivity index (χ4v) is 2.92. The van der Waals surface area contributed by atoms with Gasteiger partial charge in [-0.25, -0.2) is 4.68 Å². The maximum Gasteiger partial charge on any atom is 0.167 e. The fraction of sp³-hybridized carbons (Fsp3) is 0.375. The standard InChI is InChI=1S/C16H18N2O/c1-11-15-13(9-16(2,3)10-14(15)19)18(17-11)12-7-5-4-6-8-12/h4-8H,9-10H2,1-3H3. The van der Waals surface area contributed by atoms with Gasteiger partial charge in [0.25, 0.3) is 0 Å². The molecule has 0 saturated heterocycles. The first-order valence-corrected chi connectivity index (χ1v) is 6.65. The molecule has 1 heterocycles. The molecule has 0 bridgehead atoms. The highest BCUT2D eigenvalue weighted by molar-refractivity contribution is 5.99. The first-order valence-electron chi connectivity index (χ1n) is 6.65. The van der Waals surface area contributed by atoms with Crippen LogP contribution in [0.15, 0.2) is 30.3 Å². The van der Waals surface area contributed by atoms with Crippen LogP contribution in [-0.4, -0.2) is 15.6 Å². The number of aryl methyl sites for hydroxylation is 1. The van der Waals surface area contributed by atoms with Gasteiger partial charge in [0, 0.05) is 6.42 Å². The smallest absolute Gasteiger partial charge is 0.167 e. The zero-order chi connectivity index (χ0) is 13.6. The summed E-state index contributed by atoms with van der Waals surface area (Å²) >= 11 is 0. The van der Waals surface area contributed by atoms with E-state index in [0.29, 0.717) is 6.42 Å². The number of benzene rings is 1. The third-order valence-corrected chi connectivity index (χ3v) is 3.72. The second kappa shape index (κ2) is 4.05. The molecular formula is C16H18N2O. The Morgan fingerprint density at radius 2 is 1.84 bits per heavy atom. The second-order valence-corrected chi connectivity index (χ2v) is 6.10. The average Bonchev–Trinajstić information content (AvgIpc) is 2.66. The second-order valence-electron chi connectivity index (χ2n) is 6.10. The van der Waals surface area contributed by atoms with Crippen molar-refractivity contribution in [3.8, 4) is 5.69 Å². The summed E-state index contributed by atoms with van der Waals surface area (Å²) < 4.78 is 1.93. The minimum absolute atomic E-state index is 0.0170. The molecule has 3 rings (SSSR count). The first-order chi connectivity index (χ1) is 8.98. The highest BCUT2D eigenvalue weighted by Crippen LogP contribution is 2.36. The largest absolute Gasteiger partial charge is 0.294 e. The molecule has 0 spiro atoms. The van der Waals surface area contributed by atoms with Gasteiger partial charge in [-0.15, -0.1) is 0 Å². The third-order valence-electron chi connectivity index (χ3n) is 3.72. The highest BCUT2D eigenvalue weighted by atomic mass is 16.1. The van der Waals surface area contributed by atoms with Crippen LogP contribution in [0.5, 0.6) is 0 Å². The number of fused-ring (bicyclic) bond motifs is 1. The van der Waals surface area contributed by atoms with Crippen molar-refractivity contribution in [2.24, 2.45) is 5.41 Å². The van der Waals surface area contributed by atoms with Crippen LogP contribution in [0.3, 0.4) is 0 Å². The molecule has 0 unspecified atom stereocenters. The molecular weight excluding hydrogens is 236 g/mol. The van der Waals surface area contributed by atoms with Crippen LogP contribution >= 0.6 is 0 Å². The number of hydrogen-bond acceptors (Lipinski definition) is 2. The van der Waals surface area contributed by atoms with Crippen molar-refractivity contribution in [3.05, 3.63) is 47.3 Å². The van der Waals surface area contributed by atoms with Gasteiger partial charge < -0.3 is 0 Å². The lowest BCUT2D eigenvalue weighted by Crippen LogP contribution is -2.28. The Labute approximate surface area is 113 Å². The van der Waals surface area contributed by atoms with E-state index in [1.807, 2.05) is 41.9 Å². The lowest BCUT2D eigenvalue weighted by atomic mass is 9.75. The van der Waals surface area contributed by atoms with E-state index < -0.39 is 0 Å². The molecule has 0 saturated carbocycles. The lowest BCUT2D eigenvalue weighted by molar-refractivity contribution is 0.0910. The van der Waals surface area contributed by atoms with Crippen LogP contribution in [0, 0.1) is 12.3 Å². The van der Waals surface area contributed by atoms with E-state index in [2.05, 4.69) is 18.9 Å². The van der Waals surface area contributed by atoms with Crippen molar-refractivity contribution in [1.29, 1.82) is 0 Å². The van der Waals surface area contributed by atoms with Gasteiger partial charge in [0.05, 0.1) is 22.6 Å². The number of carbonyl (C=O) groups is 1. The molecule has 1 aromatic carbocycles. The highest BCUT2D eigenvalue weighted by Gasteiger charge is 2.35. The number of para-hydroxylation sites is 1. The summed E-state index contributed by atoms with van der Waals surface area (Å²) in [5, 5.41) is 4.57. The van der Waals surface area contributed by atoms with E-state index >= 15 is 0 Å². The van der Waals surface area contributed by atoms with Gasteiger partial charge in [0.2, 0.25) is 0 Å². The zero-order valence-corrected chi connectivity index (χ0v) is 11.6. The SMILES string of the molecule is Cc1nn(-c2ccccc2)c2c1C(=O)CC(C)(C)C2. The molecule has 0 radical (unpaired) electrons. The molecule has 0 fully saturated rings. The van der Waals surface area contributed by atoms with Crippen LogP contribution in [0.4, 0.5) is 0 Å². The van der Waals surface area contributed by atoms with Gasteiger partial charge in [-0.3, -0.25) is 4.79 Å². The monoisotopic (exact) mass is 254 g/mol. The zero-order valence-electron chi connectivity index (χ0n) is 11.6. The van der Waals surface area contributed by atoms with Crippen LogP contribution in [0.1, 0.15) is 42.0 Å². The summed E-state index contributed by atoms with van der Waals surface area (Å²) in [5.74, 6) is 0.228. The topological polar surface area (TPSA) is 34.9 Å². The van der Waals surface area contributed by atoms with Crippen molar-refractivity contribution in [2.45, 2.75) is 33.6 Å². The Morgan fingerprint density at radius 3 is 2.53 bits per heavy atom.